The molecule has 0 bridgehead atoms. The molecular formula is C47H38. The molecule has 0 aliphatic rings. The van der Waals surface area contributed by atoms with Crippen molar-refractivity contribution in [2.45, 2.75) is 41.5 Å². The number of rotatable bonds is 4. The van der Waals surface area contributed by atoms with Crippen molar-refractivity contribution in [2.24, 2.45) is 0 Å². The Kier molecular flexibility index (Phi) is 6.99. The average Bonchev–Trinajstić information content (AvgIpc) is 3.05. The first-order valence-corrected chi connectivity index (χ1v) is 16.6. The Bertz CT molecular complexity index is 2200. The van der Waals surface area contributed by atoms with Crippen LogP contribution in [0.1, 0.15) is 44.5 Å². The van der Waals surface area contributed by atoms with Crippen molar-refractivity contribution >= 4 is 43.1 Å². The van der Waals surface area contributed by atoms with Crippen LogP contribution in [0.15, 0.2) is 121 Å². The van der Waals surface area contributed by atoms with Gasteiger partial charge in [-0.3, -0.25) is 0 Å². The second-order valence-electron chi connectivity index (χ2n) is 13.4. The summed E-state index contributed by atoms with van der Waals surface area (Å²) in [6, 6.07) is 44.9. The van der Waals surface area contributed by atoms with E-state index in [9.17, 15) is 0 Å². The zero-order valence-electron chi connectivity index (χ0n) is 28.0. The lowest BCUT2D eigenvalue weighted by Crippen LogP contribution is -1.99. The van der Waals surface area contributed by atoms with Crippen LogP contribution in [-0.2, 0) is 0 Å². The van der Waals surface area contributed by atoms with Gasteiger partial charge in [-0.05, 0) is 140 Å². The highest BCUT2D eigenvalue weighted by atomic mass is 14.3. The maximum Gasteiger partial charge on any atom is 0.0528 e. The van der Waals surface area contributed by atoms with Crippen LogP contribution in [0, 0.1) is 48.0 Å². The lowest BCUT2D eigenvalue weighted by atomic mass is 9.81. The van der Waals surface area contributed by atoms with E-state index in [1.54, 1.807) is 0 Å². The van der Waals surface area contributed by atoms with Crippen molar-refractivity contribution in [3.8, 4) is 22.3 Å². The van der Waals surface area contributed by atoms with Gasteiger partial charge in [-0.1, -0.05) is 132 Å². The van der Waals surface area contributed by atoms with E-state index in [1.807, 2.05) is 0 Å². The largest absolute Gasteiger partial charge is 0.0616 e. The molecule has 8 aromatic carbocycles. The molecule has 0 N–H and O–H groups in total. The third-order valence-electron chi connectivity index (χ3n) is 9.97. The molecule has 0 unspecified atom stereocenters. The van der Waals surface area contributed by atoms with Crippen molar-refractivity contribution in [3.05, 3.63) is 172 Å². The average molecular weight is 603 g/mol. The lowest BCUT2D eigenvalue weighted by Gasteiger charge is -2.22. The van der Waals surface area contributed by atoms with E-state index in [-0.39, 0.29) is 0 Å². The van der Waals surface area contributed by atoms with Crippen LogP contribution >= 0.6 is 0 Å². The number of benzene rings is 8. The summed E-state index contributed by atoms with van der Waals surface area (Å²) in [5, 5.41) is 9.96. The highest BCUT2D eigenvalue weighted by Gasteiger charge is 2.22. The Morgan fingerprint density at radius 3 is 0.787 bits per heavy atom. The van der Waals surface area contributed by atoms with Crippen LogP contribution in [-0.4, -0.2) is 0 Å². The molecule has 0 saturated heterocycles. The van der Waals surface area contributed by atoms with E-state index >= 15 is 0 Å². The smallest absolute Gasteiger partial charge is 0.0528 e. The third-order valence-corrected chi connectivity index (χ3v) is 9.97. The molecule has 0 saturated carbocycles. The fraction of sp³-hybridized carbons (Fsp3) is 0.128. The molecule has 0 heterocycles. The molecule has 0 aromatic heterocycles. The highest BCUT2D eigenvalue weighted by Crippen LogP contribution is 2.46. The van der Waals surface area contributed by atoms with E-state index in [0.29, 0.717) is 0 Å². The lowest BCUT2D eigenvalue weighted by molar-refractivity contribution is 1.33. The molecule has 2 radical (unpaired) electrons. The predicted octanol–water partition coefficient (Wildman–Crippen LogP) is 13.0. The van der Waals surface area contributed by atoms with E-state index in [1.165, 1.54) is 98.7 Å². The summed E-state index contributed by atoms with van der Waals surface area (Å²) < 4.78 is 0. The zero-order valence-corrected chi connectivity index (χ0v) is 28.0. The molecule has 0 heteroatoms. The summed E-state index contributed by atoms with van der Waals surface area (Å²) >= 11 is 0. The molecule has 47 heavy (non-hydrogen) atoms. The van der Waals surface area contributed by atoms with Gasteiger partial charge in [0.25, 0.3) is 0 Å². The molecule has 8 aromatic rings. The third kappa shape index (κ3) is 4.66. The highest BCUT2D eigenvalue weighted by molar-refractivity contribution is 6.19. The topological polar surface area (TPSA) is 0 Å². The van der Waals surface area contributed by atoms with Crippen LogP contribution in [0.25, 0.3) is 65.3 Å². The maximum atomic E-state index is 4.11. The van der Waals surface area contributed by atoms with Crippen molar-refractivity contribution in [3.63, 3.8) is 0 Å². The fourth-order valence-corrected chi connectivity index (χ4v) is 8.34. The van der Waals surface area contributed by atoms with Gasteiger partial charge in [0.1, 0.15) is 0 Å². The van der Waals surface area contributed by atoms with Crippen molar-refractivity contribution in [1.29, 1.82) is 0 Å². The van der Waals surface area contributed by atoms with Gasteiger partial charge in [0, 0.05) is 0 Å². The molecular weight excluding hydrogens is 565 g/mol. The minimum Gasteiger partial charge on any atom is -0.0616 e. The van der Waals surface area contributed by atoms with Gasteiger partial charge in [0.2, 0.25) is 0 Å². The number of fused-ring (bicyclic) bond motifs is 4. The predicted molar refractivity (Wildman–Crippen MR) is 204 cm³/mol. The molecule has 0 aliphatic carbocycles. The Hall–Kier alpha value is -5.20. The Labute approximate surface area is 278 Å². The quantitative estimate of drug-likeness (QED) is 0.176. The molecule has 0 amide bonds. The summed E-state index contributed by atoms with van der Waals surface area (Å²) in [7, 11) is 0. The number of aryl methyl sites for hydroxylation is 6. The molecule has 0 nitrogen and oxygen atoms in total. The van der Waals surface area contributed by atoms with E-state index in [2.05, 4.69) is 169 Å². The molecule has 8 rings (SSSR count). The van der Waals surface area contributed by atoms with Crippen LogP contribution in [0.3, 0.4) is 0 Å². The van der Waals surface area contributed by atoms with Crippen LogP contribution in [0.5, 0.6) is 0 Å². The summed E-state index contributed by atoms with van der Waals surface area (Å²) in [5.41, 5.74) is 15.4. The summed E-state index contributed by atoms with van der Waals surface area (Å²) in [4.78, 5) is 0. The van der Waals surface area contributed by atoms with Gasteiger partial charge in [0.15, 0.2) is 0 Å². The monoisotopic (exact) mass is 602 g/mol. The first-order chi connectivity index (χ1) is 22.8. The SMILES string of the molecule is Cc1cc(C)c(-c2c3ccccc3c([C]c3c4ccccc4c(-c4c(C)cc(C)cc4C)c4ccccc34)c3ccccc23)c(C)c1. The van der Waals surface area contributed by atoms with Crippen LogP contribution in [0.2, 0.25) is 0 Å². The number of hydrogen-bond acceptors (Lipinski definition) is 0. The van der Waals surface area contributed by atoms with Gasteiger partial charge in [-0.2, -0.15) is 0 Å². The Morgan fingerprint density at radius 2 is 0.532 bits per heavy atom. The zero-order chi connectivity index (χ0) is 32.4. The van der Waals surface area contributed by atoms with Gasteiger partial charge in [-0.15, -0.1) is 0 Å². The van der Waals surface area contributed by atoms with E-state index < -0.39 is 0 Å². The summed E-state index contributed by atoms with van der Waals surface area (Å²) in [5.74, 6) is 0. The molecule has 226 valence electrons. The van der Waals surface area contributed by atoms with E-state index in [4.69, 9.17) is 0 Å². The Morgan fingerprint density at radius 1 is 0.298 bits per heavy atom. The van der Waals surface area contributed by atoms with Crippen molar-refractivity contribution < 1.29 is 0 Å². The second-order valence-corrected chi connectivity index (χ2v) is 13.4. The maximum absolute atomic E-state index is 4.11. The Balaban J connectivity index is 1.47. The summed E-state index contributed by atoms with van der Waals surface area (Å²) in [6.07, 6.45) is 4.11. The van der Waals surface area contributed by atoms with Gasteiger partial charge < -0.3 is 0 Å². The van der Waals surface area contributed by atoms with Gasteiger partial charge in [0.05, 0.1) is 6.42 Å². The van der Waals surface area contributed by atoms with Crippen molar-refractivity contribution in [2.75, 3.05) is 0 Å². The van der Waals surface area contributed by atoms with Gasteiger partial charge >= 0.3 is 0 Å². The minimum atomic E-state index is 1.15. The normalized spacial score (nSPS) is 11.7. The minimum absolute atomic E-state index is 1.15. The number of hydrogen-bond donors (Lipinski definition) is 0. The second kappa shape index (κ2) is 11.2. The molecule has 0 aliphatic heterocycles. The van der Waals surface area contributed by atoms with Gasteiger partial charge in [-0.25, -0.2) is 0 Å². The fourth-order valence-electron chi connectivity index (χ4n) is 8.34. The molecule has 0 atom stereocenters. The molecule has 0 spiro atoms. The standard InChI is InChI=1S/C47H38/c1-28-23-30(3)44(31(4)24-28)46-38-19-11-7-15-34(38)42(35-16-8-12-20-39(35)46)27-43-36-17-9-13-21-40(36)47(41-22-14-10-18-37(41)43)45-32(5)25-29(2)26-33(45)6/h7-26H,1-6H3. The van der Waals surface area contributed by atoms with Crippen molar-refractivity contribution in [1.82, 2.24) is 0 Å². The summed E-state index contributed by atoms with van der Waals surface area (Å²) in [6.45, 7) is 13.4. The first kappa shape index (κ1) is 29.2. The van der Waals surface area contributed by atoms with Crippen LogP contribution < -0.4 is 0 Å². The van der Waals surface area contributed by atoms with Crippen LogP contribution in [0.4, 0.5) is 0 Å². The molecule has 0 fully saturated rings. The first-order valence-electron chi connectivity index (χ1n) is 16.6. The van der Waals surface area contributed by atoms with E-state index in [0.717, 1.165) is 11.1 Å².